The Labute approximate surface area is 122 Å². The van der Waals surface area contributed by atoms with Crippen LogP contribution in [-0.2, 0) is 22.6 Å². The van der Waals surface area contributed by atoms with E-state index in [1.54, 1.807) is 0 Å². The predicted octanol–water partition coefficient (Wildman–Crippen LogP) is 3.28. The van der Waals surface area contributed by atoms with Gasteiger partial charge in [-0.25, -0.2) is 0 Å². The highest BCUT2D eigenvalue weighted by Crippen LogP contribution is 2.15. The van der Waals surface area contributed by atoms with Gasteiger partial charge in [-0.2, -0.15) is 0 Å². The number of ether oxygens (including phenoxy) is 2. The maximum atomic E-state index is 5.69. The van der Waals surface area contributed by atoms with E-state index in [0.717, 1.165) is 24.7 Å². The lowest BCUT2D eigenvalue weighted by Crippen LogP contribution is -2.21. The molecule has 1 aromatic heterocycles. The first-order valence-corrected chi connectivity index (χ1v) is 7.46. The summed E-state index contributed by atoms with van der Waals surface area (Å²) in [4.78, 5) is 0. The Kier molecular flexibility index (Phi) is 7.88. The Morgan fingerprint density at radius 2 is 1.85 bits per heavy atom. The normalized spacial score (nSPS) is 11.8. The Hall–Kier alpha value is -0.840. The lowest BCUT2D eigenvalue weighted by molar-refractivity contribution is 0.0262. The number of hydrogen-bond donors (Lipinski definition) is 1. The molecule has 1 N–H and O–H groups in total. The first-order chi connectivity index (χ1) is 9.49. The third-order valence-corrected chi connectivity index (χ3v) is 2.84. The van der Waals surface area contributed by atoms with E-state index in [1.807, 2.05) is 6.92 Å². The van der Waals surface area contributed by atoms with E-state index in [-0.39, 0.29) is 0 Å². The molecule has 1 aromatic rings. The third-order valence-electron chi connectivity index (χ3n) is 2.84. The second kappa shape index (κ2) is 9.16. The van der Waals surface area contributed by atoms with Crippen molar-refractivity contribution in [1.29, 1.82) is 0 Å². The smallest absolute Gasteiger partial charge is 0.130 e. The first-order valence-electron chi connectivity index (χ1n) is 7.46. The van der Waals surface area contributed by atoms with Crippen LogP contribution in [0.5, 0.6) is 0 Å². The molecular weight excluding hydrogens is 254 g/mol. The zero-order valence-electron chi connectivity index (χ0n) is 13.5. The standard InChI is InChI=1S/C16H29NO3/c1-12(2)10-18-6-7-19-11-16-8-15(14(5)20-16)9-17-13(3)4/h8,12-13,17H,6-7,9-11H2,1-5H3. The summed E-state index contributed by atoms with van der Waals surface area (Å²) in [6.45, 7) is 13.9. The van der Waals surface area contributed by atoms with E-state index >= 15 is 0 Å². The molecule has 0 aliphatic carbocycles. The van der Waals surface area contributed by atoms with Crippen LogP contribution in [0.1, 0.15) is 44.8 Å². The van der Waals surface area contributed by atoms with Crippen molar-refractivity contribution in [2.45, 2.75) is 53.8 Å². The highest BCUT2D eigenvalue weighted by atomic mass is 16.5. The van der Waals surface area contributed by atoms with Crippen molar-refractivity contribution in [2.75, 3.05) is 19.8 Å². The van der Waals surface area contributed by atoms with Crippen molar-refractivity contribution in [3.8, 4) is 0 Å². The molecule has 0 spiro atoms. The van der Waals surface area contributed by atoms with Crippen molar-refractivity contribution in [3.63, 3.8) is 0 Å². The summed E-state index contributed by atoms with van der Waals surface area (Å²) in [7, 11) is 0. The highest BCUT2D eigenvalue weighted by Gasteiger charge is 2.07. The molecule has 0 atom stereocenters. The molecule has 1 heterocycles. The number of aryl methyl sites for hydroxylation is 1. The summed E-state index contributed by atoms with van der Waals surface area (Å²) >= 11 is 0. The van der Waals surface area contributed by atoms with E-state index in [9.17, 15) is 0 Å². The minimum atomic E-state index is 0.474. The topological polar surface area (TPSA) is 43.6 Å². The van der Waals surface area contributed by atoms with Gasteiger partial charge in [-0.1, -0.05) is 27.7 Å². The maximum absolute atomic E-state index is 5.69. The molecule has 0 radical (unpaired) electrons. The lowest BCUT2D eigenvalue weighted by Gasteiger charge is -2.06. The third kappa shape index (κ3) is 7.08. The monoisotopic (exact) mass is 283 g/mol. The molecule has 0 amide bonds. The summed E-state index contributed by atoms with van der Waals surface area (Å²) in [6.07, 6.45) is 0. The summed E-state index contributed by atoms with van der Waals surface area (Å²) < 4.78 is 16.7. The Bertz CT molecular complexity index is 372. The summed E-state index contributed by atoms with van der Waals surface area (Å²) in [5, 5.41) is 3.39. The van der Waals surface area contributed by atoms with Crippen LogP contribution >= 0.6 is 0 Å². The molecule has 20 heavy (non-hydrogen) atoms. The SMILES string of the molecule is Cc1oc(COCCOCC(C)C)cc1CNC(C)C. The van der Waals surface area contributed by atoms with Gasteiger partial charge < -0.3 is 19.2 Å². The fourth-order valence-corrected chi connectivity index (χ4v) is 1.76. The molecule has 0 aromatic carbocycles. The molecule has 4 heteroatoms. The minimum Gasteiger partial charge on any atom is -0.464 e. The van der Waals surface area contributed by atoms with Crippen molar-refractivity contribution in [3.05, 3.63) is 23.2 Å². The average Bonchev–Trinajstić information content (AvgIpc) is 2.71. The number of nitrogens with one attached hydrogen (secondary N) is 1. The Morgan fingerprint density at radius 1 is 1.15 bits per heavy atom. The van der Waals surface area contributed by atoms with Gasteiger partial charge in [0.15, 0.2) is 0 Å². The van der Waals surface area contributed by atoms with Crippen LogP contribution in [0.25, 0.3) is 0 Å². The second-order valence-corrected chi connectivity index (χ2v) is 5.85. The first kappa shape index (κ1) is 17.2. The Balaban J connectivity index is 2.22. The van der Waals surface area contributed by atoms with Gasteiger partial charge in [0.2, 0.25) is 0 Å². The molecular formula is C16H29NO3. The highest BCUT2D eigenvalue weighted by molar-refractivity contribution is 5.20. The molecule has 0 bridgehead atoms. The van der Waals surface area contributed by atoms with Gasteiger partial charge in [-0.3, -0.25) is 0 Å². The van der Waals surface area contributed by atoms with Gasteiger partial charge in [0.1, 0.15) is 18.1 Å². The van der Waals surface area contributed by atoms with Crippen LogP contribution in [0.15, 0.2) is 10.5 Å². The average molecular weight is 283 g/mol. The van der Waals surface area contributed by atoms with Crippen LogP contribution in [0.3, 0.4) is 0 Å². The fraction of sp³-hybridized carbons (Fsp3) is 0.750. The minimum absolute atomic E-state index is 0.474. The van der Waals surface area contributed by atoms with E-state index in [0.29, 0.717) is 31.8 Å². The quantitative estimate of drug-likeness (QED) is 0.669. The zero-order valence-corrected chi connectivity index (χ0v) is 13.5. The van der Waals surface area contributed by atoms with Gasteiger partial charge in [0, 0.05) is 24.8 Å². The largest absolute Gasteiger partial charge is 0.464 e. The molecule has 0 saturated heterocycles. The van der Waals surface area contributed by atoms with Gasteiger partial charge in [-0.05, 0) is 18.9 Å². The van der Waals surface area contributed by atoms with Gasteiger partial charge in [0.25, 0.3) is 0 Å². The summed E-state index contributed by atoms with van der Waals surface area (Å²) in [5.74, 6) is 2.42. The molecule has 4 nitrogen and oxygen atoms in total. The van der Waals surface area contributed by atoms with Gasteiger partial charge in [-0.15, -0.1) is 0 Å². The van der Waals surface area contributed by atoms with Crippen molar-refractivity contribution in [2.24, 2.45) is 5.92 Å². The summed E-state index contributed by atoms with van der Waals surface area (Å²) in [6, 6.07) is 2.54. The van der Waals surface area contributed by atoms with Crippen molar-refractivity contribution >= 4 is 0 Å². The molecule has 0 saturated carbocycles. The van der Waals surface area contributed by atoms with Crippen molar-refractivity contribution < 1.29 is 13.9 Å². The van der Waals surface area contributed by atoms with Crippen LogP contribution in [0.2, 0.25) is 0 Å². The molecule has 1 rings (SSSR count). The van der Waals surface area contributed by atoms with Gasteiger partial charge >= 0.3 is 0 Å². The molecule has 116 valence electrons. The van der Waals surface area contributed by atoms with Crippen molar-refractivity contribution in [1.82, 2.24) is 5.32 Å². The lowest BCUT2D eigenvalue weighted by atomic mass is 10.2. The zero-order chi connectivity index (χ0) is 15.0. The maximum Gasteiger partial charge on any atom is 0.130 e. The van der Waals surface area contributed by atoms with Crippen LogP contribution < -0.4 is 5.32 Å². The molecule has 0 fully saturated rings. The van der Waals surface area contributed by atoms with Crippen LogP contribution in [-0.4, -0.2) is 25.9 Å². The molecule has 0 aliphatic heterocycles. The molecule has 0 unspecified atom stereocenters. The summed E-state index contributed by atoms with van der Waals surface area (Å²) in [5.41, 5.74) is 1.20. The molecule has 0 aliphatic rings. The van der Waals surface area contributed by atoms with Crippen LogP contribution in [0, 0.1) is 12.8 Å². The number of furan rings is 1. The Morgan fingerprint density at radius 3 is 2.50 bits per heavy atom. The fourth-order valence-electron chi connectivity index (χ4n) is 1.76. The van der Waals surface area contributed by atoms with Gasteiger partial charge in [0.05, 0.1) is 13.2 Å². The number of hydrogen-bond acceptors (Lipinski definition) is 4. The van der Waals surface area contributed by atoms with E-state index < -0.39 is 0 Å². The van der Waals surface area contributed by atoms with E-state index in [2.05, 4.69) is 39.1 Å². The number of rotatable bonds is 10. The van der Waals surface area contributed by atoms with E-state index in [4.69, 9.17) is 13.9 Å². The second-order valence-electron chi connectivity index (χ2n) is 5.85. The van der Waals surface area contributed by atoms with Crippen LogP contribution in [0.4, 0.5) is 0 Å². The van der Waals surface area contributed by atoms with E-state index in [1.165, 1.54) is 5.56 Å². The predicted molar refractivity (Wildman–Crippen MR) is 80.7 cm³/mol.